The fourth-order valence-corrected chi connectivity index (χ4v) is 1.99. The fraction of sp³-hybridized carbons (Fsp3) is 0.385. The van der Waals surface area contributed by atoms with Crippen LogP contribution < -0.4 is 19.9 Å². The number of nitrogens with zero attached hydrogens (tertiary/aromatic N) is 2. The maximum absolute atomic E-state index is 5.73. The Morgan fingerprint density at radius 2 is 2.10 bits per heavy atom. The fourth-order valence-electron chi connectivity index (χ4n) is 1.99. The Morgan fingerprint density at radius 1 is 1.30 bits per heavy atom. The van der Waals surface area contributed by atoms with E-state index >= 15 is 0 Å². The van der Waals surface area contributed by atoms with Crippen molar-refractivity contribution < 1.29 is 18.7 Å². The number of hydrogen-bond donors (Lipinski definition) is 1. The van der Waals surface area contributed by atoms with Crippen LogP contribution in [0, 0.1) is 6.92 Å². The average Bonchev–Trinajstić information content (AvgIpc) is 3.04. The van der Waals surface area contributed by atoms with E-state index < -0.39 is 0 Å². The van der Waals surface area contributed by atoms with Gasteiger partial charge in [-0.3, -0.25) is 0 Å². The van der Waals surface area contributed by atoms with E-state index in [0.717, 1.165) is 11.3 Å². The zero-order valence-corrected chi connectivity index (χ0v) is 11.1. The normalized spacial score (nSPS) is 12.7. The average molecular weight is 277 g/mol. The molecule has 1 aliphatic heterocycles. The zero-order chi connectivity index (χ0) is 13.9. The second-order valence-electron chi connectivity index (χ2n) is 4.38. The molecule has 0 aliphatic carbocycles. The quantitative estimate of drug-likeness (QED) is 0.877. The lowest BCUT2D eigenvalue weighted by Crippen LogP contribution is -2.05. The molecule has 0 fully saturated rings. The molecule has 1 aliphatic rings. The Morgan fingerprint density at radius 3 is 2.80 bits per heavy atom. The predicted octanol–water partition coefficient (Wildman–Crippen LogP) is 1.19. The largest absolute Gasteiger partial charge is 0.483 e. The molecule has 106 valence electrons. The van der Waals surface area contributed by atoms with Crippen LogP contribution in [-0.4, -0.2) is 23.5 Å². The van der Waals surface area contributed by atoms with Crippen molar-refractivity contribution >= 4 is 0 Å². The molecule has 0 saturated carbocycles. The first-order valence-electron chi connectivity index (χ1n) is 6.31. The summed E-state index contributed by atoms with van der Waals surface area (Å²) in [5.41, 5.74) is 6.58. The van der Waals surface area contributed by atoms with Crippen molar-refractivity contribution in [2.45, 2.75) is 20.0 Å². The van der Waals surface area contributed by atoms with Gasteiger partial charge in [0, 0.05) is 6.07 Å². The second-order valence-corrected chi connectivity index (χ2v) is 4.38. The summed E-state index contributed by atoms with van der Waals surface area (Å²) in [5, 5.41) is 3.71. The minimum Gasteiger partial charge on any atom is -0.483 e. The van der Waals surface area contributed by atoms with Gasteiger partial charge in [-0.05, 0) is 31.5 Å². The van der Waals surface area contributed by atoms with Crippen LogP contribution in [0.4, 0.5) is 0 Å². The van der Waals surface area contributed by atoms with Gasteiger partial charge in [-0.15, -0.1) is 0 Å². The molecule has 0 saturated heterocycles. The Kier molecular flexibility index (Phi) is 3.42. The molecule has 7 nitrogen and oxygen atoms in total. The molecule has 0 amide bonds. The van der Waals surface area contributed by atoms with Crippen LogP contribution >= 0.6 is 0 Å². The third-order valence-electron chi connectivity index (χ3n) is 2.89. The molecule has 0 bridgehead atoms. The van der Waals surface area contributed by atoms with Crippen LogP contribution in [0.5, 0.6) is 17.2 Å². The molecule has 0 atom stereocenters. The highest BCUT2D eigenvalue weighted by Gasteiger charge is 2.18. The van der Waals surface area contributed by atoms with Gasteiger partial charge in [0.05, 0.1) is 0 Å². The smallest absolute Gasteiger partial charge is 0.264 e. The summed E-state index contributed by atoms with van der Waals surface area (Å²) in [4.78, 5) is 4.09. The first kappa shape index (κ1) is 12.7. The van der Waals surface area contributed by atoms with Crippen LogP contribution in [-0.2, 0) is 13.0 Å². The Labute approximate surface area is 115 Å². The van der Waals surface area contributed by atoms with Gasteiger partial charge in [0.2, 0.25) is 6.79 Å². The minimum atomic E-state index is 0.206. The Hall–Kier alpha value is -2.28. The van der Waals surface area contributed by atoms with E-state index in [4.69, 9.17) is 24.5 Å². The summed E-state index contributed by atoms with van der Waals surface area (Å²) in [6, 6.07) is 3.69. The third-order valence-corrected chi connectivity index (χ3v) is 2.89. The molecule has 20 heavy (non-hydrogen) atoms. The number of hydrogen-bond acceptors (Lipinski definition) is 7. The first-order valence-corrected chi connectivity index (χ1v) is 6.31. The zero-order valence-electron chi connectivity index (χ0n) is 11.1. The molecule has 0 radical (unpaired) electrons. The van der Waals surface area contributed by atoms with Crippen LogP contribution in [0.2, 0.25) is 0 Å². The molecular formula is C13H15N3O4. The van der Waals surface area contributed by atoms with E-state index in [0.29, 0.717) is 36.2 Å². The number of nitrogens with two attached hydrogens (primary N) is 1. The van der Waals surface area contributed by atoms with Gasteiger partial charge in [0.1, 0.15) is 5.75 Å². The second kappa shape index (κ2) is 5.38. The molecule has 7 heteroatoms. The van der Waals surface area contributed by atoms with Gasteiger partial charge in [-0.1, -0.05) is 5.16 Å². The first-order chi connectivity index (χ1) is 9.76. The number of benzene rings is 1. The highest BCUT2D eigenvalue weighted by Crippen LogP contribution is 2.38. The van der Waals surface area contributed by atoms with Crippen molar-refractivity contribution in [3.05, 3.63) is 29.4 Å². The Balaban J connectivity index is 1.80. The van der Waals surface area contributed by atoms with E-state index in [-0.39, 0.29) is 13.4 Å². The summed E-state index contributed by atoms with van der Waals surface area (Å²) in [6.07, 6.45) is 0.689. The van der Waals surface area contributed by atoms with E-state index in [1.807, 2.05) is 6.07 Å². The van der Waals surface area contributed by atoms with Crippen molar-refractivity contribution in [2.24, 2.45) is 5.73 Å². The van der Waals surface area contributed by atoms with Crippen molar-refractivity contribution in [3.8, 4) is 17.2 Å². The van der Waals surface area contributed by atoms with Crippen molar-refractivity contribution in [3.63, 3.8) is 0 Å². The standard InChI is InChI=1S/C13H15N3O4/c1-8-15-13(20-16-8)6-17-10-5-12-11(18-7-19-12)4-9(10)2-3-14/h4-5H,2-3,6-7,14H2,1H3. The van der Waals surface area contributed by atoms with Crippen LogP contribution in [0.25, 0.3) is 0 Å². The maximum atomic E-state index is 5.73. The molecule has 2 aromatic rings. The lowest BCUT2D eigenvalue weighted by atomic mass is 10.1. The van der Waals surface area contributed by atoms with Crippen molar-refractivity contribution in [1.82, 2.24) is 10.1 Å². The lowest BCUT2D eigenvalue weighted by Gasteiger charge is -2.10. The highest BCUT2D eigenvalue weighted by atomic mass is 16.7. The predicted molar refractivity (Wildman–Crippen MR) is 68.7 cm³/mol. The number of aryl methyl sites for hydroxylation is 1. The monoisotopic (exact) mass is 277 g/mol. The lowest BCUT2D eigenvalue weighted by molar-refractivity contribution is 0.173. The van der Waals surface area contributed by atoms with Gasteiger partial charge in [0.15, 0.2) is 23.9 Å². The van der Waals surface area contributed by atoms with Crippen LogP contribution in [0.1, 0.15) is 17.3 Å². The summed E-state index contributed by atoms with van der Waals surface area (Å²) in [5.74, 6) is 3.09. The van der Waals surface area contributed by atoms with Crippen LogP contribution in [0.3, 0.4) is 0 Å². The Bertz CT molecular complexity index is 612. The maximum Gasteiger partial charge on any atom is 0.264 e. The summed E-state index contributed by atoms with van der Waals surface area (Å²) >= 11 is 0. The van der Waals surface area contributed by atoms with Gasteiger partial charge >= 0.3 is 0 Å². The number of fused-ring (bicyclic) bond motifs is 1. The van der Waals surface area contributed by atoms with E-state index in [9.17, 15) is 0 Å². The molecule has 0 spiro atoms. The summed E-state index contributed by atoms with van der Waals surface area (Å²) < 4.78 is 21.4. The topological polar surface area (TPSA) is 92.6 Å². The summed E-state index contributed by atoms with van der Waals surface area (Å²) in [6.45, 7) is 2.71. The highest BCUT2D eigenvalue weighted by molar-refractivity contribution is 5.52. The number of ether oxygens (including phenoxy) is 3. The van der Waals surface area contributed by atoms with E-state index in [1.165, 1.54) is 0 Å². The molecule has 0 unspecified atom stereocenters. The molecule has 1 aromatic carbocycles. The number of aromatic nitrogens is 2. The van der Waals surface area contributed by atoms with Crippen molar-refractivity contribution in [2.75, 3.05) is 13.3 Å². The molecule has 2 heterocycles. The number of rotatable bonds is 5. The molecule has 2 N–H and O–H groups in total. The summed E-state index contributed by atoms with van der Waals surface area (Å²) in [7, 11) is 0. The minimum absolute atomic E-state index is 0.206. The van der Waals surface area contributed by atoms with Gasteiger partial charge in [-0.25, -0.2) is 0 Å². The molecular weight excluding hydrogens is 262 g/mol. The van der Waals surface area contributed by atoms with Gasteiger partial charge in [0.25, 0.3) is 5.89 Å². The van der Waals surface area contributed by atoms with Crippen molar-refractivity contribution in [1.29, 1.82) is 0 Å². The molecule has 3 rings (SSSR count). The SMILES string of the molecule is Cc1noc(COc2cc3c(cc2CCN)OCO3)n1. The third kappa shape index (κ3) is 2.53. The van der Waals surface area contributed by atoms with E-state index in [1.54, 1.807) is 13.0 Å². The van der Waals surface area contributed by atoms with Gasteiger partial charge in [-0.2, -0.15) is 4.98 Å². The van der Waals surface area contributed by atoms with Crippen LogP contribution in [0.15, 0.2) is 16.7 Å². The molecule has 1 aromatic heterocycles. The van der Waals surface area contributed by atoms with E-state index in [2.05, 4.69) is 10.1 Å². The van der Waals surface area contributed by atoms with Gasteiger partial charge < -0.3 is 24.5 Å².